The highest BCUT2D eigenvalue weighted by Gasteiger charge is 2.54. The normalized spacial score (nSPS) is 24.7. The summed E-state index contributed by atoms with van der Waals surface area (Å²) in [7, 11) is -4.60. The average Bonchev–Trinajstić information content (AvgIpc) is 3.94. The minimum atomic E-state index is -4.60. The lowest BCUT2D eigenvalue weighted by molar-refractivity contribution is -0.384. The molecular weight excluding hydrogens is 925 g/mol. The zero-order valence-corrected chi connectivity index (χ0v) is 40.8. The van der Waals surface area contributed by atoms with Gasteiger partial charge in [0.05, 0.1) is 52.5 Å². The van der Waals surface area contributed by atoms with E-state index in [1.165, 1.54) is 56.2 Å². The molecule has 0 bridgehead atoms. The lowest BCUT2D eigenvalue weighted by Crippen LogP contribution is -2.60. The second kappa shape index (κ2) is 18.6. The predicted octanol–water partition coefficient (Wildman–Crippen LogP) is 8.42. The van der Waals surface area contributed by atoms with Crippen molar-refractivity contribution in [2.24, 2.45) is 11.3 Å². The number of nitro groups is 1. The van der Waals surface area contributed by atoms with Gasteiger partial charge in [0.1, 0.15) is 28.9 Å². The van der Waals surface area contributed by atoms with E-state index in [1.54, 1.807) is 6.07 Å². The molecule has 12 rings (SSSR count). The van der Waals surface area contributed by atoms with E-state index in [2.05, 4.69) is 49.1 Å². The topological polar surface area (TPSA) is 194 Å². The van der Waals surface area contributed by atoms with Crippen LogP contribution in [0.1, 0.15) is 93.0 Å². The number of aromatic amines is 1. The van der Waals surface area contributed by atoms with Crippen LogP contribution >= 0.6 is 0 Å². The van der Waals surface area contributed by atoms with Gasteiger partial charge in [-0.1, -0.05) is 31.0 Å². The summed E-state index contributed by atoms with van der Waals surface area (Å²) in [5.41, 5.74) is 4.25. The van der Waals surface area contributed by atoms with E-state index < -0.39 is 37.5 Å². The molecule has 3 aromatic carbocycles. The summed E-state index contributed by atoms with van der Waals surface area (Å²) in [4.78, 5) is 41.3. The van der Waals surface area contributed by atoms with Gasteiger partial charge in [-0.3, -0.25) is 19.8 Å². The predicted molar refractivity (Wildman–Crippen MR) is 268 cm³/mol. The molecule has 1 amide bonds. The minimum Gasteiger partial charge on any atom is -0.493 e. The van der Waals surface area contributed by atoms with Gasteiger partial charge < -0.3 is 39.0 Å². The first-order valence-corrected chi connectivity index (χ1v) is 27.1. The molecule has 8 heterocycles. The monoisotopic (exact) mass is 986 g/mol. The van der Waals surface area contributed by atoms with Crippen LogP contribution in [0.25, 0.3) is 11.0 Å². The molecule has 6 aliphatic heterocycles. The van der Waals surface area contributed by atoms with Crippen molar-refractivity contribution in [1.29, 1.82) is 0 Å². The van der Waals surface area contributed by atoms with E-state index in [0.29, 0.717) is 61.9 Å². The first-order chi connectivity index (χ1) is 34.6. The zero-order chi connectivity index (χ0) is 48.3. The molecule has 3 atom stereocenters. The van der Waals surface area contributed by atoms with Crippen LogP contribution in [-0.4, -0.2) is 112 Å². The van der Waals surface area contributed by atoms with Crippen molar-refractivity contribution in [1.82, 2.24) is 19.6 Å². The van der Waals surface area contributed by atoms with Crippen molar-refractivity contribution in [3.8, 4) is 11.6 Å². The molecule has 5 aromatic rings. The lowest BCUT2D eigenvalue weighted by atomic mass is 9.59. The molecular formula is C53H62N8O9S. The number of pyridine rings is 1. The molecule has 1 saturated carbocycles. The number of ether oxygens (including phenoxy) is 4. The number of amides is 1. The van der Waals surface area contributed by atoms with Crippen LogP contribution in [0.2, 0.25) is 0 Å². The maximum absolute atomic E-state index is 14.7. The highest BCUT2D eigenvalue weighted by Crippen LogP contribution is 2.57. The molecule has 2 spiro atoms. The summed E-state index contributed by atoms with van der Waals surface area (Å²) in [6.07, 6.45) is 14.6. The number of nitro benzene ring substituents is 1. The summed E-state index contributed by atoms with van der Waals surface area (Å²) in [6, 6.07) is 22.1. The average molecular weight is 987 g/mol. The Kier molecular flexibility index (Phi) is 12.1. The number of hydrogen-bond donors (Lipinski definition) is 3. The second-order valence-electron chi connectivity index (χ2n) is 20.9. The Balaban J connectivity index is 0.825. The Hall–Kier alpha value is -5.95. The van der Waals surface area contributed by atoms with Gasteiger partial charge in [-0.2, -0.15) is 4.98 Å². The number of anilines is 4. The fourth-order valence-corrected chi connectivity index (χ4v) is 14.0. The van der Waals surface area contributed by atoms with Crippen LogP contribution in [0.3, 0.4) is 0 Å². The summed E-state index contributed by atoms with van der Waals surface area (Å²) in [6.45, 7) is 5.93. The van der Waals surface area contributed by atoms with E-state index >= 15 is 0 Å². The van der Waals surface area contributed by atoms with E-state index in [9.17, 15) is 23.3 Å². The third-order valence-electron chi connectivity index (χ3n) is 16.8. The van der Waals surface area contributed by atoms with Crippen molar-refractivity contribution in [2.75, 3.05) is 74.3 Å². The number of aromatic nitrogens is 2. The summed E-state index contributed by atoms with van der Waals surface area (Å²) in [5, 5.41) is 16.3. The molecule has 71 heavy (non-hydrogen) atoms. The number of carbonyl (C=O) groups excluding carboxylic acids is 1. The van der Waals surface area contributed by atoms with Gasteiger partial charge in [-0.05, 0) is 131 Å². The summed E-state index contributed by atoms with van der Waals surface area (Å²) >= 11 is 0. The fourth-order valence-electron chi connectivity index (χ4n) is 13.0. The largest absolute Gasteiger partial charge is 0.493 e. The standard InChI is InChI=1S/C53H62N8O9S/c62-50(57-71(65,66)39-10-12-42(44(29-39)61(63)64)55-32-35-14-25-67-26-15-35)40-11-9-37(28-43(40)60-45-27-36-13-20-54-49(36)56-51(45)70-48-34-68-33-46(48)60)58-22-18-52(19-23-58)30-38(31-52)59-21-5-1-4-16-53(59)17-6-24-69-47-8-3-2-7-41(47)53/h2-3,7-13,20,27-29,35,38,46,48,55H,1,4-6,14-19,21-26,30-34H2,(H,54,56)(H,57,62)/t46-,48-,53?/m1/s1. The Morgan fingerprint density at radius 3 is 2.55 bits per heavy atom. The number of nitrogens with zero attached hydrogens (tertiary/aromatic N) is 5. The second-order valence-corrected chi connectivity index (χ2v) is 22.6. The molecule has 4 saturated heterocycles. The molecule has 7 aliphatic rings. The number of carbonyl (C=O) groups is 1. The lowest BCUT2D eigenvalue weighted by Gasteiger charge is -2.59. The zero-order valence-electron chi connectivity index (χ0n) is 40.0. The number of piperidine rings is 1. The Labute approximate surface area is 413 Å². The molecule has 17 nitrogen and oxygen atoms in total. The molecule has 2 aromatic heterocycles. The fraction of sp³-hybridized carbons (Fsp3) is 0.509. The van der Waals surface area contributed by atoms with Gasteiger partial charge in [0, 0.05) is 67.8 Å². The van der Waals surface area contributed by atoms with Crippen LogP contribution in [0, 0.1) is 21.4 Å². The van der Waals surface area contributed by atoms with Gasteiger partial charge in [0.25, 0.3) is 21.6 Å². The van der Waals surface area contributed by atoms with Crippen molar-refractivity contribution >= 4 is 55.4 Å². The van der Waals surface area contributed by atoms with E-state index in [1.807, 2.05) is 35.4 Å². The van der Waals surface area contributed by atoms with Gasteiger partial charge in [0.2, 0.25) is 5.88 Å². The first kappa shape index (κ1) is 46.1. The SMILES string of the molecule is O=C(NS(=O)(=O)c1ccc(NCC2CCOCC2)c([N+](=O)[O-])c1)c1ccc(N2CCC3(CC2)CC(N2CCCCCC24CCCOc2ccccc24)C3)cc1N1c2cc3cc[nH]c3nc2O[C@@H]2COC[C@H]21. The maximum Gasteiger partial charge on any atom is 0.293 e. The Morgan fingerprint density at radius 1 is 0.873 bits per heavy atom. The van der Waals surface area contributed by atoms with E-state index in [4.69, 9.17) is 23.9 Å². The molecule has 374 valence electrons. The number of hydrogen-bond acceptors (Lipinski definition) is 14. The highest BCUT2D eigenvalue weighted by atomic mass is 32.2. The molecule has 1 unspecified atom stereocenters. The van der Waals surface area contributed by atoms with Gasteiger partial charge in [0.15, 0.2) is 0 Å². The third-order valence-corrected chi connectivity index (χ3v) is 18.2. The molecule has 0 radical (unpaired) electrons. The number of para-hydroxylation sites is 1. The van der Waals surface area contributed by atoms with Crippen LogP contribution in [0.4, 0.5) is 28.4 Å². The van der Waals surface area contributed by atoms with E-state index in [0.717, 1.165) is 87.7 Å². The van der Waals surface area contributed by atoms with Gasteiger partial charge >= 0.3 is 0 Å². The van der Waals surface area contributed by atoms with E-state index in [-0.39, 0.29) is 34.2 Å². The maximum atomic E-state index is 14.7. The van der Waals surface area contributed by atoms with Crippen molar-refractivity contribution < 1.29 is 37.1 Å². The van der Waals surface area contributed by atoms with Crippen LogP contribution in [0.5, 0.6) is 11.6 Å². The molecule has 5 fully saturated rings. The smallest absolute Gasteiger partial charge is 0.293 e. The molecule has 1 aliphatic carbocycles. The summed E-state index contributed by atoms with van der Waals surface area (Å²) in [5.74, 6) is 0.828. The number of likely N-dealkylation sites (tertiary alicyclic amines) is 1. The summed E-state index contributed by atoms with van der Waals surface area (Å²) < 4.78 is 54.8. The molecule has 18 heteroatoms. The van der Waals surface area contributed by atoms with Gasteiger partial charge in [-0.15, -0.1) is 0 Å². The minimum absolute atomic E-state index is 0.00878. The van der Waals surface area contributed by atoms with Crippen LogP contribution in [0.15, 0.2) is 83.9 Å². The number of rotatable bonds is 10. The Bertz CT molecular complexity index is 2950. The number of benzene rings is 3. The van der Waals surface area contributed by atoms with Crippen LogP contribution < -0.4 is 29.3 Å². The number of fused-ring (bicyclic) bond motifs is 5. The van der Waals surface area contributed by atoms with Crippen molar-refractivity contribution in [2.45, 2.75) is 106 Å². The number of nitrogens with one attached hydrogen (secondary N) is 3. The number of H-pyrrole nitrogens is 1. The third kappa shape index (κ3) is 8.53. The van der Waals surface area contributed by atoms with Crippen LogP contribution in [-0.2, 0) is 25.0 Å². The number of sulfonamides is 1. The quantitative estimate of drug-likeness (QED) is 0.0892. The highest BCUT2D eigenvalue weighted by molar-refractivity contribution is 7.90. The Morgan fingerprint density at radius 2 is 1.70 bits per heavy atom. The van der Waals surface area contributed by atoms with Crippen molar-refractivity contribution in [3.63, 3.8) is 0 Å². The van der Waals surface area contributed by atoms with Gasteiger partial charge in [-0.25, -0.2) is 13.1 Å². The van der Waals surface area contributed by atoms with Crippen molar-refractivity contribution in [3.05, 3.63) is 100 Å². The molecule has 3 N–H and O–H groups in total. The first-order valence-electron chi connectivity index (χ1n) is 25.6.